The average Bonchev–Trinajstić information content (AvgIpc) is 2.86. The lowest BCUT2D eigenvalue weighted by Gasteiger charge is -2.33. The molecule has 1 saturated heterocycles. The number of nitro groups is 1. The molecule has 0 aliphatic carbocycles. The summed E-state index contributed by atoms with van der Waals surface area (Å²) in [6.45, 7) is 7.62. The van der Waals surface area contributed by atoms with E-state index in [1.54, 1.807) is 17.0 Å². The minimum absolute atomic E-state index is 0.00731. The second-order valence-corrected chi connectivity index (χ2v) is 12.4. The third kappa shape index (κ3) is 7.75. The molecule has 3 rings (SSSR count). The molecular formula is C26H36N6O5S. The van der Waals surface area contributed by atoms with Gasteiger partial charge < -0.3 is 16.0 Å². The summed E-state index contributed by atoms with van der Waals surface area (Å²) in [6, 6.07) is 11.1. The molecule has 2 aromatic rings. The van der Waals surface area contributed by atoms with Crippen LogP contribution in [0.5, 0.6) is 0 Å². The van der Waals surface area contributed by atoms with Crippen LogP contribution in [0.4, 0.5) is 5.69 Å². The first-order valence-corrected chi connectivity index (χ1v) is 14.0. The van der Waals surface area contributed by atoms with Gasteiger partial charge in [-0.15, -0.1) is 0 Å². The summed E-state index contributed by atoms with van der Waals surface area (Å²) < 4.78 is 29.0. The summed E-state index contributed by atoms with van der Waals surface area (Å²) in [7, 11) is -4.04. The Morgan fingerprint density at radius 3 is 2.37 bits per heavy atom. The van der Waals surface area contributed by atoms with Crippen molar-refractivity contribution in [2.24, 2.45) is 11.7 Å². The van der Waals surface area contributed by atoms with Crippen molar-refractivity contribution in [2.75, 3.05) is 19.6 Å². The highest BCUT2D eigenvalue weighted by molar-refractivity contribution is 7.89. The summed E-state index contributed by atoms with van der Waals surface area (Å²) in [5, 5.41) is 21.5. The number of piperidine rings is 1. The lowest BCUT2D eigenvalue weighted by atomic mass is 9.87. The molecule has 11 nitrogen and oxygen atoms in total. The highest BCUT2D eigenvalue weighted by Gasteiger charge is 2.28. The van der Waals surface area contributed by atoms with E-state index in [0.29, 0.717) is 25.2 Å². The molecule has 5 N–H and O–H groups in total. The average molecular weight is 545 g/mol. The summed E-state index contributed by atoms with van der Waals surface area (Å²) >= 11 is 0. The molecule has 0 saturated carbocycles. The van der Waals surface area contributed by atoms with Crippen LogP contribution in [0.25, 0.3) is 0 Å². The van der Waals surface area contributed by atoms with Crippen LogP contribution in [0.3, 0.4) is 0 Å². The van der Waals surface area contributed by atoms with Crippen LogP contribution in [-0.2, 0) is 26.7 Å². The van der Waals surface area contributed by atoms with E-state index in [9.17, 15) is 23.3 Å². The molecule has 2 atom stereocenters. The maximum atomic E-state index is 13.2. The largest absolute Gasteiger partial charge is 0.370 e. The van der Waals surface area contributed by atoms with Gasteiger partial charge in [0.25, 0.3) is 5.69 Å². The van der Waals surface area contributed by atoms with Gasteiger partial charge >= 0.3 is 0 Å². The van der Waals surface area contributed by atoms with Crippen LogP contribution in [0, 0.1) is 21.4 Å². The topological polar surface area (TPSA) is 172 Å². The number of carbonyl (C=O) groups is 1. The van der Waals surface area contributed by atoms with Gasteiger partial charge in [-0.2, -0.15) is 4.72 Å². The van der Waals surface area contributed by atoms with Crippen molar-refractivity contribution in [3.8, 4) is 0 Å². The van der Waals surface area contributed by atoms with Crippen molar-refractivity contribution in [2.45, 2.75) is 56.4 Å². The van der Waals surface area contributed by atoms with Crippen LogP contribution in [0.15, 0.2) is 53.4 Å². The van der Waals surface area contributed by atoms with Crippen molar-refractivity contribution in [1.82, 2.24) is 14.9 Å². The molecular weight excluding hydrogens is 508 g/mol. The number of nitro benzene ring substituents is 1. The molecule has 12 heteroatoms. The van der Waals surface area contributed by atoms with Crippen LogP contribution in [0.1, 0.15) is 44.7 Å². The van der Waals surface area contributed by atoms with Crippen LogP contribution in [0.2, 0.25) is 0 Å². The maximum Gasteiger partial charge on any atom is 0.269 e. The minimum atomic E-state index is -4.04. The van der Waals surface area contributed by atoms with E-state index in [2.05, 4.69) is 10.0 Å². The Morgan fingerprint density at radius 2 is 1.82 bits per heavy atom. The summed E-state index contributed by atoms with van der Waals surface area (Å²) in [5.74, 6) is -0.446. The zero-order chi connectivity index (χ0) is 28.1. The minimum Gasteiger partial charge on any atom is -0.370 e. The first kappa shape index (κ1) is 29.1. The zero-order valence-corrected chi connectivity index (χ0v) is 22.8. The molecule has 0 radical (unpaired) electrons. The molecule has 1 aliphatic rings. The Kier molecular flexibility index (Phi) is 9.10. The molecule has 1 amide bonds. The van der Waals surface area contributed by atoms with Gasteiger partial charge in [-0.05, 0) is 53.9 Å². The number of nitrogens with one attached hydrogen (secondary N) is 3. The molecule has 0 spiro atoms. The molecule has 1 fully saturated rings. The van der Waals surface area contributed by atoms with Gasteiger partial charge in [0.15, 0.2) is 5.96 Å². The summed E-state index contributed by atoms with van der Waals surface area (Å²) in [5.41, 5.74) is 6.91. The Morgan fingerprint density at radius 1 is 1.18 bits per heavy atom. The molecule has 206 valence electrons. The van der Waals surface area contributed by atoms with E-state index in [-0.39, 0.29) is 34.3 Å². The molecule has 1 aliphatic heterocycles. The van der Waals surface area contributed by atoms with E-state index in [1.165, 1.54) is 36.4 Å². The Labute approximate surface area is 223 Å². The molecule has 1 heterocycles. The van der Waals surface area contributed by atoms with E-state index < -0.39 is 26.9 Å². The normalized spacial score (nSPS) is 17.0. The lowest BCUT2D eigenvalue weighted by molar-refractivity contribution is -0.384. The van der Waals surface area contributed by atoms with E-state index in [1.807, 2.05) is 20.8 Å². The Balaban J connectivity index is 1.78. The Bertz CT molecular complexity index is 1260. The number of benzene rings is 2. The third-order valence-corrected chi connectivity index (χ3v) is 8.14. The summed E-state index contributed by atoms with van der Waals surface area (Å²) in [6.07, 6.45) is 1.69. The number of guanidine groups is 1. The van der Waals surface area contributed by atoms with Gasteiger partial charge in [-0.25, -0.2) is 8.42 Å². The molecule has 2 aromatic carbocycles. The number of hydrogen-bond acceptors (Lipinski definition) is 6. The second-order valence-electron chi connectivity index (χ2n) is 10.7. The molecule has 0 bridgehead atoms. The van der Waals surface area contributed by atoms with Gasteiger partial charge in [0.1, 0.15) is 6.04 Å². The highest BCUT2D eigenvalue weighted by Crippen LogP contribution is 2.24. The Hall–Kier alpha value is -3.51. The maximum absolute atomic E-state index is 13.2. The number of rotatable bonds is 9. The van der Waals surface area contributed by atoms with E-state index in [4.69, 9.17) is 11.1 Å². The van der Waals surface area contributed by atoms with Crippen molar-refractivity contribution >= 4 is 27.6 Å². The second kappa shape index (κ2) is 11.9. The van der Waals surface area contributed by atoms with Crippen molar-refractivity contribution in [3.63, 3.8) is 0 Å². The number of nitrogens with zero attached hydrogens (tertiary/aromatic N) is 2. The number of non-ortho nitro benzene ring substituents is 1. The van der Waals surface area contributed by atoms with Gasteiger partial charge in [0.05, 0.1) is 9.82 Å². The molecule has 0 aromatic heterocycles. The number of amides is 1. The van der Waals surface area contributed by atoms with Crippen LogP contribution < -0.4 is 15.8 Å². The van der Waals surface area contributed by atoms with E-state index >= 15 is 0 Å². The van der Waals surface area contributed by atoms with Crippen molar-refractivity contribution in [1.29, 1.82) is 5.41 Å². The first-order chi connectivity index (χ1) is 17.8. The fraction of sp³-hybridized carbons (Fsp3) is 0.462. The van der Waals surface area contributed by atoms with Gasteiger partial charge in [-0.1, -0.05) is 45.0 Å². The van der Waals surface area contributed by atoms with Gasteiger partial charge in [-0.3, -0.25) is 20.3 Å². The first-order valence-electron chi connectivity index (χ1n) is 12.5. The standard InChI is InChI=1S/C26H36N6O5S/c1-26(2,3)20-8-12-22(13-9-20)38(36,37)30-23(15-18-6-10-21(11-7-18)32(34)35)24(33)29-16-19-5-4-14-31(17-19)25(27)28/h6-13,19,23,30H,4-5,14-17H2,1-3H3,(H3,27,28)(H,29,33)/t19?,23-/m1/s1. The number of hydrogen-bond donors (Lipinski definition) is 4. The highest BCUT2D eigenvalue weighted by atomic mass is 32.2. The fourth-order valence-corrected chi connectivity index (χ4v) is 5.58. The third-order valence-electron chi connectivity index (χ3n) is 6.66. The fourth-order valence-electron chi connectivity index (χ4n) is 4.39. The number of sulfonamides is 1. The SMILES string of the molecule is CC(C)(C)c1ccc(S(=O)(=O)N[C@H](Cc2ccc([N+](=O)[O-])cc2)C(=O)NCC2CCCN(C(=N)N)C2)cc1. The lowest BCUT2D eigenvalue weighted by Crippen LogP contribution is -2.51. The predicted molar refractivity (Wildman–Crippen MR) is 145 cm³/mol. The number of likely N-dealkylation sites (tertiary alicyclic amines) is 1. The van der Waals surface area contributed by atoms with Crippen LogP contribution in [-0.4, -0.2) is 55.8 Å². The van der Waals surface area contributed by atoms with Crippen molar-refractivity contribution < 1.29 is 18.1 Å². The monoisotopic (exact) mass is 544 g/mol. The summed E-state index contributed by atoms with van der Waals surface area (Å²) in [4.78, 5) is 25.5. The van der Waals surface area contributed by atoms with Gasteiger partial charge in [0, 0.05) is 31.8 Å². The molecule has 38 heavy (non-hydrogen) atoms. The zero-order valence-electron chi connectivity index (χ0n) is 21.9. The van der Waals surface area contributed by atoms with Gasteiger partial charge in [0.2, 0.25) is 15.9 Å². The number of nitrogens with two attached hydrogens (primary N) is 1. The molecule has 1 unspecified atom stereocenters. The van der Waals surface area contributed by atoms with Crippen LogP contribution >= 0.6 is 0 Å². The number of carbonyl (C=O) groups excluding carboxylic acids is 1. The quantitative estimate of drug-likeness (QED) is 0.162. The predicted octanol–water partition coefficient (Wildman–Crippen LogP) is 2.50. The van der Waals surface area contributed by atoms with E-state index in [0.717, 1.165) is 18.4 Å². The smallest absolute Gasteiger partial charge is 0.269 e. The van der Waals surface area contributed by atoms with Crippen molar-refractivity contribution in [3.05, 3.63) is 69.8 Å².